The van der Waals surface area contributed by atoms with Crippen molar-refractivity contribution in [3.05, 3.63) is 35.6 Å². The highest BCUT2D eigenvalue weighted by Crippen LogP contribution is 2.18. The highest BCUT2D eigenvalue weighted by Gasteiger charge is 2.33. The fraction of sp³-hybridized carbons (Fsp3) is 0.529. The molecule has 3 amide bonds. The van der Waals surface area contributed by atoms with E-state index in [1.54, 1.807) is 12.1 Å². The Morgan fingerprint density at radius 1 is 1.33 bits per heavy atom. The molecule has 0 spiro atoms. The first-order valence-electron chi connectivity index (χ1n) is 8.12. The van der Waals surface area contributed by atoms with Crippen LogP contribution in [0.1, 0.15) is 25.3 Å². The van der Waals surface area contributed by atoms with E-state index in [1.807, 2.05) is 18.9 Å². The van der Waals surface area contributed by atoms with E-state index >= 15 is 0 Å². The number of carbonyl (C=O) groups excluding carboxylic acids is 2. The molecule has 2 rings (SSSR count). The van der Waals surface area contributed by atoms with E-state index in [-0.39, 0.29) is 23.3 Å². The second-order valence-electron chi connectivity index (χ2n) is 6.58. The third-order valence-electron chi connectivity index (χ3n) is 4.13. The number of nitrogens with one attached hydrogen (secondary N) is 3. The molecular formula is C17H25FN4O2. The predicted octanol–water partition coefficient (Wildman–Crippen LogP) is 1.23. The van der Waals surface area contributed by atoms with Crippen molar-refractivity contribution >= 4 is 11.9 Å². The summed E-state index contributed by atoms with van der Waals surface area (Å²) in [5.41, 5.74) is 0.668. The van der Waals surface area contributed by atoms with Crippen LogP contribution in [0.5, 0.6) is 0 Å². The van der Waals surface area contributed by atoms with Gasteiger partial charge in [-0.1, -0.05) is 12.1 Å². The zero-order chi connectivity index (χ0) is 17.6. The molecule has 0 radical (unpaired) electrons. The van der Waals surface area contributed by atoms with E-state index in [0.717, 1.165) is 12.0 Å². The Morgan fingerprint density at radius 2 is 2.04 bits per heavy atom. The number of amides is 3. The largest absolute Gasteiger partial charge is 0.349 e. The molecule has 1 fully saturated rings. The van der Waals surface area contributed by atoms with Gasteiger partial charge in [-0.25, -0.2) is 9.18 Å². The van der Waals surface area contributed by atoms with E-state index in [0.29, 0.717) is 32.6 Å². The summed E-state index contributed by atoms with van der Waals surface area (Å²) in [7, 11) is 1.94. The average molecular weight is 336 g/mol. The number of halogens is 1. The normalized spacial score (nSPS) is 20.1. The molecule has 1 heterocycles. The maximum Gasteiger partial charge on any atom is 0.314 e. The number of nitrogens with zero attached hydrogens (tertiary/aromatic N) is 1. The van der Waals surface area contributed by atoms with Crippen LogP contribution in [0.25, 0.3) is 0 Å². The number of benzene rings is 1. The topological polar surface area (TPSA) is 73.5 Å². The van der Waals surface area contributed by atoms with Gasteiger partial charge in [-0.05, 0) is 38.1 Å². The van der Waals surface area contributed by atoms with Gasteiger partial charge in [0.1, 0.15) is 5.82 Å². The Labute approximate surface area is 141 Å². The lowest BCUT2D eigenvalue weighted by Gasteiger charge is -2.24. The Balaban J connectivity index is 1.61. The van der Waals surface area contributed by atoms with Crippen LogP contribution < -0.4 is 16.0 Å². The standard InChI is InChI=1S/C17H25FN4O2/c1-17(8-7-15(23)21-17)12-20-16(24)19-9-10-22(2)11-13-3-5-14(18)6-4-13/h3-6H,7-12H2,1-2H3,(H,21,23)(H2,19,20,24). The van der Waals surface area contributed by atoms with Crippen molar-refractivity contribution in [2.45, 2.75) is 31.8 Å². The first kappa shape index (κ1) is 18.2. The predicted molar refractivity (Wildman–Crippen MR) is 89.9 cm³/mol. The zero-order valence-electron chi connectivity index (χ0n) is 14.2. The van der Waals surface area contributed by atoms with Crippen LogP contribution in [0.4, 0.5) is 9.18 Å². The Hall–Kier alpha value is -2.15. The maximum atomic E-state index is 12.9. The van der Waals surface area contributed by atoms with E-state index in [2.05, 4.69) is 16.0 Å². The van der Waals surface area contributed by atoms with E-state index < -0.39 is 0 Å². The molecule has 132 valence electrons. The lowest BCUT2D eigenvalue weighted by molar-refractivity contribution is -0.119. The Kier molecular flexibility index (Phi) is 6.14. The van der Waals surface area contributed by atoms with E-state index in [1.165, 1.54) is 12.1 Å². The third-order valence-corrected chi connectivity index (χ3v) is 4.13. The molecule has 24 heavy (non-hydrogen) atoms. The molecule has 1 saturated heterocycles. The lowest BCUT2D eigenvalue weighted by Crippen LogP contribution is -2.51. The Morgan fingerprint density at radius 3 is 2.67 bits per heavy atom. The summed E-state index contributed by atoms with van der Waals surface area (Å²) in [6.45, 7) is 4.21. The van der Waals surface area contributed by atoms with Crippen LogP contribution in [0.15, 0.2) is 24.3 Å². The summed E-state index contributed by atoms with van der Waals surface area (Å²) in [6, 6.07) is 6.15. The van der Waals surface area contributed by atoms with Gasteiger partial charge < -0.3 is 20.9 Å². The van der Waals surface area contributed by atoms with Gasteiger partial charge in [0.2, 0.25) is 5.91 Å². The highest BCUT2D eigenvalue weighted by molar-refractivity contribution is 5.80. The van der Waals surface area contributed by atoms with Crippen molar-refractivity contribution in [1.82, 2.24) is 20.9 Å². The second kappa shape index (κ2) is 8.10. The number of carbonyl (C=O) groups is 2. The van der Waals surface area contributed by atoms with Gasteiger partial charge in [0, 0.05) is 32.6 Å². The van der Waals surface area contributed by atoms with E-state index in [9.17, 15) is 14.0 Å². The van der Waals surface area contributed by atoms with Gasteiger partial charge in [-0.2, -0.15) is 0 Å². The van der Waals surface area contributed by atoms with Crippen LogP contribution in [-0.4, -0.2) is 49.1 Å². The zero-order valence-corrected chi connectivity index (χ0v) is 14.2. The second-order valence-corrected chi connectivity index (χ2v) is 6.58. The smallest absolute Gasteiger partial charge is 0.314 e. The Bertz CT molecular complexity index is 578. The van der Waals surface area contributed by atoms with Crippen LogP contribution in [0.2, 0.25) is 0 Å². The third kappa shape index (κ3) is 5.81. The van der Waals surface area contributed by atoms with Gasteiger partial charge in [0.15, 0.2) is 0 Å². The molecule has 1 aliphatic heterocycles. The maximum absolute atomic E-state index is 12.9. The fourth-order valence-corrected chi connectivity index (χ4v) is 2.66. The molecule has 0 aromatic heterocycles. The highest BCUT2D eigenvalue weighted by atomic mass is 19.1. The van der Waals surface area contributed by atoms with Crippen LogP contribution >= 0.6 is 0 Å². The summed E-state index contributed by atoms with van der Waals surface area (Å²) in [6.07, 6.45) is 1.24. The van der Waals surface area contributed by atoms with Gasteiger partial charge in [-0.15, -0.1) is 0 Å². The van der Waals surface area contributed by atoms with Crippen molar-refractivity contribution in [3.63, 3.8) is 0 Å². The van der Waals surface area contributed by atoms with Crippen molar-refractivity contribution in [1.29, 1.82) is 0 Å². The monoisotopic (exact) mass is 336 g/mol. The average Bonchev–Trinajstić information content (AvgIpc) is 2.87. The first-order valence-corrected chi connectivity index (χ1v) is 8.12. The molecule has 6 nitrogen and oxygen atoms in total. The molecule has 7 heteroatoms. The van der Waals surface area contributed by atoms with Crippen LogP contribution in [-0.2, 0) is 11.3 Å². The molecule has 1 atom stereocenters. The molecule has 0 bridgehead atoms. The minimum Gasteiger partial charge on any atom is -0.349 e. The van der Waals surface area contributed by atoms with Gasteiger partial charge in [-0.3, -0.25) is 4.79 Å². The van der Waals surface area contributed by atoms with Crippen molar-refractivity contribution in [3.8, 4) is 0 Å². The number of hydrogen-bond acceptors (Lipinski definition) is 3. The molecule has 0 aliphatic carbocycles. The summed E-state index contributed by atoms with van der Waals surface area (Å²) in [5, 5.41) is 8.46. The molecule has 1 unspecified atom stereocenters. The minimum absolute atomic E-state index is 0.0297. The summed E-state index contributed by atoms with van der Waals surface area (Å²) >= 11 is 0. The summed E-state index contributed by atoms with van der Waals surface area (Å²) in [5.74, 6) is -0.214. The number of urea groups is 1. The molecule has 1 aromatic rings. The molecule has 1 aromatic carbocycles. The van der Waals surface area contributed by atoms with E-state index in [4.69, 9.17) is 0 Å². The molecular weight excluding hydrogens is 311 g/mol. The van der Waals surface area contributed by atoms with Gasteiger partial charge in [0.25, 0.3) is 0 Å². The van der Waals surface area contributed by atoms with Crippen LogP contribution in [0, 0.1) is 5.82 Å². The van der Waals surface area contributed by atoms with Crippen molar-refractivity contribution in [2.24, 2.45) is 0 Å². The minimum atomic E-state index is -0.353. The molecule has 0 saturated carbocycles. The van der Waals surface area contributed by atoms with Gasteiger partial charge >= 0.3 is 6.03 Å². The fourth-order valence-electron chi connectivity index (χ4n) is 2.66. The molecule has 1 aliphatic rings. The van der Waals surface area contributed by atoms with Crippen molar-refractivity contribution in [2.75, 3.05) is 26.7 Å². The summed E-state index contributed by atoms with van der Waals surface area (Å²) < 4.78 is 12.9. The van der Waals surface area contributed by atoms with Crippen LogP contribution in [0.3, 0.4) is 0 Å². The van der Waals surface area contributed by atoms with Crippen molar-refractivity contribution < 1.29 is 14.0 Å². The summed E-state index contributed by atoms with van der Waals surface area (Å²) in [4.78, 5) is 25.1. The molecule has 3 N–H and O–H groups in total. The SMILES string of the molecule is CN(CCNC(=O)NCC1(C)CCC(=O)N1)Cc1ccc(F)cc1. The number of hydrogen-bond donors (Lipinski definition) is 3. The number of rotatable bonds is 7. The van der Waals surface area contributed by atoms with Gasteiger partial charge in [0.05, 0.1) is 5.54 Å². The quantitative estimate of drug-likeness (QED) is 0.701. The first-order chi connectivity index (χ1) is 11.4. The number of likely N-dealkylation sites (N-methyl/N-ethyl adjacent to an activating group) is 1. The lowest BCUT2D eigenvalue weighted by atomic mass is 10.0.